The summed E-state index contributed by atoms with van der Waals surface area (Å²) in [6, 6.07) is 11.0. The van der Waals surface area contributed by atoms with Gasteiger partial charge in [0.2, 0.25) is 5.91 Å². The molecule has 1 amide bonds. The van der Waals surface area contributed by atoms with Gasteiger partial charge in [0.25, 0.3) is 0 Å². The number of amides is 1. The molecule has 0 unspecified atom stereocenters. The topological polar surface area (TPSA) is 37.6 Å². The third kappa shape index (κ3) is 3.14. The minimum Gasteiger partial charge on any atom is -0.348 e. The number of carbonyl (C=O) groups is 1. The molecule has 0 aliphatic carbocycles. The Hall–Kier alpha value is -2.34. The van der Waals surface area contributed by atoms with E-state index in [1.165, 1.54) is 0 Å². The first-order chi connectivity index (χ1) is 11.5. The lowest BCUT2D eigenvalue weighted by molar-refractivity contribution is -0.128. The molecule has 0 saturated heterocycles. The summed E-state index contributed by atoms with van der Waals surface area (Å²) in [4.78, 5) is 19.1. The highest BCUT2D eigenvalue weighted by molar-refractivity contribution is 7.94. The number of nitrogens with zero attached hydrogens (tertiary/aromatic N) is 3. The van der Waals surface area contributed by atoms with Crippen LogP contribution in [0.5, 0.6) is 0 Å². The van der Waals surface area contributed by atoms with Crippen molar-refractivity contribution in [3.63, 3.8) is 0 Å². The molecule has 0 bridgehead atoms. The maximum absolute atomic E-state index is 12.7. The number of fused-ring (bicyclic) bond motifs is 1. The molecule has 0 N–H and O–H groups in total. The van der Waals surface area contributed by atoms with Gasteiger partial charge in [0.05, 0.1) is 30.0 Å². The fourth-order valence-electron chi connectivity index (χ4n) is 2.57. The number of likely N-dealkylation sites (N-methyl/N-ethyl adjacent to an activating group) is 1. The minimum absolute atomic E-state index is 0.00971. The molecule has 0 saturated carbocycles. The number of carbonyl (C=O) groups excluding carboxylic acids is 1. The number of halogens is 1. The van der Waals surface area contributed by atoms with Crippen molar-refractivity contribution in [1.29, 1.82) is 0 Å². The zero-order chi connectivity index (χ0) is 17.3. The lowest BCUT2D eigenvalue weighted by atomic mass is 10.1. The zero-order valence-corrected chi connectivity index (χ0v) is 14.6. The molecule has 0 aliphatic heterocycles. The maximum Gasteiger partial charge on any atom is 0.228 e. The number of imidazole rings is 1. The Balaban J connectivity index is 2.16. The molecular weight excluding hydrogens is 325 g/mol. The molecule has 0 aliphatic rings. The zero-order valence-electron chi connectivity index (χ0n) is 13.8. The number of aromatic nitrogens is 2. The van der Waals surface area contributed by atoms with Gasteiger partial charge in [-0.3, -0.25) is 4.79 Å². The Bertz CT molecular complexity index is 887. The van der Waals surface area contributed by atoms with E-state index < -0.39 is 0 Å². The number of aryl methyl sites for hydroxylation is 1. The van der Waals surface area contributed by atoms with Crippen LogP contribution < -0.4 is 0 Å². The highest BCUT2D eigenvalue weighted by Crippen LogP contribution is 2.28. The van der Waals surface area contributed by atoms with Gasteiger partial charge in [0, 0.05) is 30.8 Å². The van der Waals surface area contributed by atoms with Gasteiger partial charge in [0.1, 0.15) is 5.65 Å². The first kappa shape index (κ1) is 16.5. The second kappa shape index (κ2) is 6.65. The fourth-order valence-corrected chi connectivity index (χ4v) is 2.80. The van der Waals surface area contributed by atoms with Crippen LogP contribution in [-0.4, -0.2) is 34.3 Å². The van der Waals surface area contributed by atoms with Gasteiger partial charge in [-0.25, -0.2) is 4.98 Å². The lowest BCUT2D eigenvalue weighted by Crippen LogP contribution is -2.24. The van der Waals surface area contributed by atoms with Crippen molar-refractivity contribution in [1.82, 2.24) is 14.3 Å². The second-order valence-corrected chi connectivity index (χ2v) is 6.53. The van der Waals surface area contributed by atoms with Crippen molar-refractivity contribution in [2.75, 3.05) is 14.1 Å². The van der Waals surface area contributed by atoms with Crippen molar-refractivity contribution >= 4 is 23.7 Å². The molecule has 24 heavy (non-hydrogen) atoms. The standard InChI is InChI=1S/C18H18FN3OS/c1-12-4-9-16-20-18(13-5-7-14(24-19)8-6-13)15(22(16)11-12)10-17(23)21(2)3/h4-9,11H,10H2,1-3H3. The Morgan fingerprint density at radius 1 is 1.21 bits per heavy atom. The van der Waals surface area contributed by atoms with E-state index >= 15 is 0 Å². The lowest BCUT2D eigenvalue weighted by Gasteiger charge is -2.11. The molecule has 3 rings (SSSR count). The Kier molecular flexibility index (Phi) is 4.57. The summed E-state index contributed by atoms with van der Waals surface area (Å²) in [7, 11) is 3.48. The van der Waals surface area contributed by atoms with Gasteiger partial charge < -0.3 is 9.30 Å². The van der Waals surface area contributed by atoms with E-state index in [1.807, 2.05) is 41.8 Å². The van der Waals surface area contributed by atoms with Crippen LogP contribution in [0.3, 0.4) is 0 Å². The quantitative estimate of drug-likeness (QED) is 0.721. The van der Waals surface area contributed by atoms with Gasteiger partial charge in [-0.15, -0.1) is 0 Å². The highest BCUT2D eigenvalue weighted by Gasteiger charge is 2.18. The normalized spacial score (nSPS) is 11.0. The van der Waals surface area contributed by atoms with Crippen LogP contribution >= 0.6 is 12.1 Å². The molecular formula is C18H18FN3OS. The highest BCUT2D eigenvalue weighted by atomic mass is 32.2. The third-order valence-electron chi connectivity index (χ3n) is 3.90. The van der Waals surface area contributed by atoms with Gasteiger partial charge in [0.15, 0.2) is 0 Å². The van der Waals surface area contributed by atoms with E-state index in [1.54, 1.807) is 31.1 Å². The van der Waals surface area contributed by atoms with Crippen molar-refractivity contribution in [3.05, 3.63) is 53.9 Å². The Labute approximate surface area is 144 Å². The molecule has 3 aromatic rings. The average molecular weight is 343 g/mol. The smallest absolute Gasteiger partial charge is 0.228 e. The van der Waals surface area contributed by atoms with E-state index in [-0.39, 0.29) is 24.5 Å². The van der Waals surface area contributed by atoms with Gasteiger partial charge >= 0.3 is 0 Å². The summed E-state index contributed by atoms with van der Waals surface area (Å²) in [5.74, 6) is 0.00971. The minimum atomic E-state index is 0.00971. The van der Waals surface area contributed by atoms with E-state index in [0.29, 0.717) is 4.90 Å². The summed E-state index contributed by atoms with van der Waals surface area (Å²) in [6.45, 7) is 2.00. The van der Waals surface area contributed by atoms with E-state index in [9.17, 15) is 8.68 Å². The van der Waals surface area contributed by atoms with Crippen LogP contribution in [0.2, 0.25) is 0 Å². The van der Waals surface area contributed by atoms with E-state index in [0.717, 1.165) is 28.2 Å². The molecule has 0 radical (unpaired) electrons. The maximum atomic E-state index is 12.7. The Morgan fingerprint density at radius 2 is 1.92 bits per heavy atom. The predicted octanol–water partition coefficient (Wildman–Crippen LogP) is 3.92. The van der Waals surface area contributed by atoms with Gasteiger partial charge in [-0.05, 0) is 30.7 Å². The van der Waals surface area contributed by atoms with Crippen LogP contribution in [0.25, 0.3) is 16.9 Å². The summed E-state index contributed by atoms with van der Waals surface area (Å²) in [6.07, 6.45) is 2.24. The molecule has 124 valence electrons. The van der Waals surface area contributed by atoms with E-state index in [2.05, 4.69) is 4.98 Å². The molecule has 0 spiro atoms. The monoisotopic (exact) mass is 343 g/mol. The Morgan fingerprint density at radius 3 is 2.54 bits per heavy atom. The molecule has 1 aromatic carbocycles. The van der Waals surface area contributed by atoms with Crippen molar-refractivity contribution < 1.29 is 8.68 Å². The largest absolute Gasteiger partial charge is 0.348 e. The average Bonchev–Trinajstić information content (AvgIpc) is 2.92. The van der Waals surface area contributed by atoms with Crippen LogP contribution in [0.1, 0.15) is 11.3 Å². The fraction of sp³-hybridized carbons (Fsp3) is 0.222. The van der Waals surface area contributed by atoms with Crippen LogP contribution in [-0.2, 0) is 11.2 Å². The van der Waals surface area contributed by atoms with Crippen LogP contribution in [0, 0.1) is 6.92 Å². The number of hydrogen-bond donors (Lipinski definition) is 0. The summed E-state index contributed by atoms with van der Waals surface area (Å²) >= 11 is 0.212. The molecule has 0 fully saturated rings. The van der Waals surface area contributed by atoms with Crippen LogP contribution in [0.15, 0.2) is 47.5 Å². The number of hydrogen-bond acceptors (Lipinski definition) is 3. The summed E-state index contributed by atoms with van der Waals surface area (Å²) in [5.41, 5.74) is 4.35. The van der Waals surface area contributed by atoms with Gasteiger partial charge in [-0.1, -0.05) is 18.2 Å². The number of pyridine rings is 1. The number of rotatable bonds is 4. The van der Waals surface area contributed by atoms with Crippen molar-refractivity contribution in [3.8, 4) is 11.3 Å². The molecule has 4 nitrogen and oxygen atoms in total. The first-order valence-corrected chi connectivity index (χ1v) is 8.28. The SMILES string of the molecule is Cc1ccc2nc(-c3ccc(SF)cc3)c(CC(=O)N(C)C)n2c1. The van der Waals surface area contributed by atoms with Crippen molar-refractivity contribution in [2.45, 2.75) is 18.2 Å². The first-order valence-electron chi connectivity index (χ1n) is 7.56. The summed E-state index contributed by atoms with van der Waals surface area (Å²) in [5, 5.41) is 0. The predicted molar refractivity (Wildman–Crippen MR) is 94.7 cm³/mol. The molecule has 2 aromatic heterocycles. The molecule has 6 heteroatoms. The second-order valence-electron chi connectivity index (χ2n) is 5.91. The summed E-state index contributed by atoms with van der Waals surface area (Å²) < 4.78 is 14.6. The molecule has 2 heterocycles. The van der Waals surface area contributed by atoms with E-state index in [4.69, 9.17) is 0 Å². The van der Waals surface area contributed by atoms with Gasteiger partial charge in [-0.2, -0.15) is 3.89 Å². The van der Waals surface area contributed by atoms with Crippen LogP contribution in [0.4, 0.5) is 3.89 Å². The number of benzene rings is 1. The van der Waals surface area contributed by atoms with Crippen molar-refractivity contribution in [2.24, 2.45) is 0 Å². The third-order valence-corrected chi connectivity index (χ3v) is 4.35. The molecule has 0 atom stereocenters.